The van der Waals surface area contributed by atoms with Gasteiger partial charge in [-0.2, -0.15) is 0 Å². The van der Waals surface area contributed by atoms with Gasteiger partial charge >= 0.3 is 7.82 Å². The van der Waals surface area contributed by atoms with Gasteiger partial charge in [0.2, 0.25) is 12.5 Å². The van der Waals surface area contributed by atoms with E-state index in [1.54, 1.807) is 6.07 Å². The van der Waals surface area contributed by atoms with Crippen LogP contribution < -0.4 is 19.3 Å². The van der Waals surface area contributed by atoms with E-state index in [0.717, 1.165) is 12.8 Å². The van der Waals surface area contributed by atoms with Crippen LogP contribution in [0.25, 0.3) is 0 Å². The summed E-state index contributed by atoms with van der Waals surface area (Å²) in [6.45, 7) is 4.07. The second kappa shape index (κ2) is 10.4. The molecule has 1 aromatic carbocycles. The maximum atomic E-state index is 13.5. The van der Waals surface area contributed by atoms with Crippen molar-refractivity contribution in [3.63, 3.8) is 0 Å². The molecule has 12 heteroatoms. The summed E-state index contributed by atoms with van der Waals surface area (Å²) >= 11 is 0. The molecule has 34 heavy (non-hydrogen) atoms. The third-order valence-electron chi connectivity index (χ3n) is 6.31. The molecular formula is C22H32NO10P. The first-order chi connectivity index (χ1) is 16.3. The number of ether oxygens (including phenoxy) is 2. The summed E-state index contributed by atoms with van der Waals surface area (Å²) in [7, 11) is -4.13. The summed E-state index contributed by atoms with van der Waals surface area (Å²) in [5, 5.41) is 33.5. The fourth-order valence-corrected chi connectivity index (χ4v) is 5.73. The van der Waals surface area contributed by atoms with Gasteiger partial charge in [-0.05, 0) is 30.9 Å². The number of nitrogens with one attached hydrogen (secondary N) is 1. The van der Waals surface area contributed by atoms with Crippen molar-refractivity contribution in [1.29, 1.82) is 0 Å². The van der Waals surface area contributed by atoms with Crippen LogP contribution in [0.4, 0.5) is 0 Å². The molecule has 0 aromatic heterocycles. The molecule has 1 aliphatic carbocycles. The molecule has 1 fully saturated rings. The first-order valence-corrected chi connectivity index (χ1v) is 13.2. The van der Waals surface area contributed by atoms with Crippen LogP contribution in [0.3, 0.4) is 0 Å². The number of phosphoric ester groups is 1. The number of fused-ring (bicyclic) bond motifs is 4. The summed E-state index contributed by atoms with van der Waals surface area (Å²) in [6, 6.07) is 0.763. The molecule has 0 saturated heterocycles. The van der Waals surface area contributed by atoms with Crippen LogP contribution >= 0.6 is 7.82 Å². The van der Waals surface area contributed by atoms with E-state index in [1.165, 1.54) is 0 Å². The Labute approximate surface area is 197 Å². The van der Waals surface area contributed by atoms with E-state index in [0.29, 0.717) is 18.4 Å². The van der Waals surface area contributed by atoms with Gasteiger partial charge in [0.1, 0.15) is 12.2 Å². The minimum atomic E-state index is -4.13. The highest BCUT2D eigenvalue weighted by atomic mass is 31.2. The number of benzene rings is 1. The van der Waals surface area contributed by atoms with Crippen LogP contribution in [-0.2, 0) is 13.6 Å². The Balaban J connectivity index is 1.75. The van der Waals surface area contributed by atoms with Gasteiger partial charge in [0.15, 0.2) is 11.5 Å². The average Bonchev–Trinajstić information content (AvgIpc) is 3.28. The molecule has 0 radical (unpaired) electrons. The molecule has 0 bridgehead atoms. The van der Waals surface area contributed by atoms with E-state index in [2.05, 4.69) is 5.32 Å². The Morgan fingerprint density at radius 2 is 1.76 bits per heavy atom. The topological polar surface area (TPSA) is 153 Å². The zero-order valence-electron chi connectivity index (χ0n) is 19.3. The van der Waals surface area contributed by atoms with Gasteiger partial charge in [0.25, 0.3) is 5.91 Å². The number of hydrogen-bond acceptors (Lipinski definition) is 10. The highest BCUT2D eigenvalue weighted by Gasteiger charge is 2.50. The Morgan fingerprint density at radius 1 is 1.09 bits per heavy atom. The lowest BCUT2D eigenvalue weighted by molar-refractivity contribution is -0.104. The largest absolute Gasteiger partial charge is 0.530 e. The number of aliphatic hydroxyl groups is 3. The highest BCUT2D eigenvalue weighted by Crippen LogP contribution is 2.57. The van der Waals surface area contributed by atoms with E-state index in [9.17, 15) is 24.7 Å². The number of phosphoric acid groups is 1. The van der Waals surface area contributed by atoms with E-state index >= 15 is 0 Å². The van der Waals surface area contributed by atoms with Gasteiger partial charge in [-0.1, -0.05) is 26.7 Å². The van der Waals surface area contributed by atoms with Crippen LogP contribution in [0.5, 0.6) is 17.2 Å². The van der Waals surface area contributed by atoms with Crippen LogP contribution in [0.1, 0.15) is 67.8 Å². The molecule has 1 unspecified atom stereocenters. The number of amides is 1. The summed E-state index contributed by atoms with van der Waals surface area (Å²) in [4.78, 5) is 13.2. The molecule has 3 aliphatic rings. The predicted molar refractivity (Wildman–Crippen MR) is 119 cm³/mol. The Bertz CT molecular complexity index is 942. The Morgan fingerprint density at radius 3 is 2.41 bits per heavy atom. The maximum absolute atomic E-state index is 13.5. The Kier molecular flexibility index (Phi) is 7.71. The number of carbonyl (C=O) groups excluding carboxylic acids is 1. The fourth-order valence-electron chi connectivity index (χ4n) is 4.44. The molecule has 0 spiro atoms. The van der Waals surface area contributed by atoms with Crippen molar-refractivity contribution in [2.24, 2.45) is 0 Å². The van der Waals surface area contributed by atoms with E-state index in [1.807, 2.05) is 13.8 Å². The first kappa shape index (κ1) is 25.2. The molecule has 1 saturated carbocycles. The number of carbonyl (C=O) groups is 1. The first-order valence-electron chi connectivity index (χ1n) is 11.7. The smallest absolute Gasteiger partial charge is 0.453 e. The zero-order valence-corrected chi connectivity index (χ0v) is 20.2. The van der Waals surface area contributed by atoms with Crippen molar-refractivity contribution >= 4 is 13.7 Å². The number of unbranched alkanes of at least 4 members (excludes halogenated alkanes) is 2. The average molecular weight is 501 g/mol. The molecule has 2 aliphatic heterocycles. The van der Waals surface area contributed by atoms with E-state index in [-0.39, 0.29) is 49.2 Å². The molecule has 190 valence electrons. The standard InChI is InChI=1S/C22H32NO10P/c1-3-5-7-31-34(28,32-8-6-4-2)33-21-16-12(10-15-20(21)30-11-29-15)13-9-14(24)18(25)19(26)17(13)23-22(16)27/h10,13-14,17-19,24-26H,3-9,11H2,1-2H3,(H,23,27)/t13?,14-,17+,18+,19-/m0/s1. The van der Waals surface area contributed by atoms with Gasteiger partial charge in [0.05, 0.1) is 30.9 Å². The monoisotopic (exact) mass is 501 g/mol. The van der Waals surface area contributed by atoms with Gasteiger partial charge in [-0.15, -0.1) is 0 Å². The molecule has 4 rings (SSSR count). The van der Waals surface area contributed by atoms with Crippen molar-refractivity contribution in [3.8, 4) is 17.2 Å². The van der Waals surface area contributed by atoms with Crippen LogP contribution in [-0.4, -0.2) is 65.6 Å². The van der Waals surface area contributed by atoms with Crippen molar-refractivity contribution in [2.75, 3.05) is 20.0 Å². The summed E-state index contributed by atoms with van der Waals surface area (Å²) in [6.07, 6.45) is -1.00. The van der Waals surface area contributed by atoms with Crippen molar-refractivity contribution in [2.45, 2.75) is 76.2 Å². The molecule has 1 aromatic rings. The maximum Gasteiger partial charge on any atom is 0.530 e. The van der Waals surface area contributed by atoms with E-state index < -0.39 is 44.0 Å². The molecular weight excluding hydrogens is 469 g/mol. The van der Waals surface area contributed by atoms with Crippen molar-refractivity contribution in [3.05, 3.63) is 17.2 Å². The quantitative estimate of drug-likeness (QED) is 0.277. The molecule has 2 heterocycles. The third-order valence-corrected chi connectivity index (χ3v) is 7.72. The van der Waals surface area contributed by atoms with Crippen molar-refractivity contribution in [1.82, 2.24) is 5.32 Å². The lowest BCUT2D eigenvalue weighted by Gasteiger charge is -2.44. The molecule has 5 atom stereocenters. The van der Waals surface area contributed by atoms with Crippen LogP contribution in [0, 0.1) is 0 Å². The highest BCUT2D eigenvalue weighted by molar-refractivity contribution is 7.48. The van der Waals surface area contributed by atoms with Gasteiger partial charge < -0.3 is 34.6 Å². The molecule has 11 nitrogen and oxygen atoms in total. The predicted octanol–water partition coefficient (Wildman–Crippen LogP) is 2.22. The molecule has 1 amide bonds. The lowest BCUT2D eigenvalue weighted by Crippen LogP contribution is -2.61. The van der Waals surface area contributed by atoms with Gasteiger partial charge in [-0.25, -0.2) is 4.57 Å². The lowest BCUT2D eigenvalue weighted by atomic mass is 9.72. The molecule has 4 N–H and O–H groups in total. The minimum Gasteiger partial charge on any atom is -0.453 e. The van der Waals surface area contributed by atoms with E-state index in [4.69, 9.17) is 23.0 Å². The van der Waals surface area contributed by atoms with Gasteiger partial charge in [-0.3, -0.25) is 13.8 Å². The zero-order chi connectivity index (χ0) is 24.5. The normalized spacial score (nSPS) is 27.7. The van der Waals surface area contributed by atoms with Crippen LogP contribution in [0.2, 0.25) is 0 Å². The SMILES string of the molecule is CCCCOP(=O)(OCCCC)Oc1c2c(cc3c1C(=O)N[C@@H]1C3C[C@H](O)[C@@H](O)[C@H]1O)OCO2. The van der Waals surface area contributed by atoms with Crippen LogP contribution in [0.15, 0.2) is 6.07 Å². The number of aliphatic hydroxyl groups excluding tert-OH is 3. The summed E-state index contributed by atoms with van der Waals surface area (Å²) in [5.74, 6) is -0.929. The second-order valence-corrected chi connectivity index (χ2v) is 10.3. The van der Waals surface area contributed by atoms with Gasteiger partial charge in [0, 0.05) is 5.92 Å². The summed E-state index contributed by atoms with van der Waals surface area (Å²) < 4.78 is 41.5. The number of hydrogen-bond donors (Lipinski definition) is 4. The Hall–Kier alpha value is -1.88. The van der Waals surface area contributed by atoms with Crippen molar-refractivity contribution < 1.29 is 47.7 Å². The second-order valence-electron chi connectivity index (χ2n) is 8.71. The minimum absolute atomic E-state index is 0.0414. The number of rotatable bonds is 10. The third kappa shape index (κ3) is 4.78. The summed E-state index contributed by atoms with van der Waals surface area (Å²) in [5.41, 5.74) is 0.464. The fraction of sp³-hybridized carbons (Fsp3) is 0.682.